The van der Waals surface area contributed by atoms with E-state index in [0.29, 0.717) is 30.8 Å². The lowest BCUT2D eigenvalue weighted by molar-refractivity contribution is 0.0308. The molecule has 25 heavy (non-hydrogen) atoms. The first-order valence-corrected chi connectivity index (χ1v) is 9.13. The molecule has 0 unspecified atom stereocenters. The van der Waals surface area contributed by atoms with Crippen LogP contribution >= 0.6 is 0 Å². The van der Waals surface area contributed by atoms with Crippen LogP contribution in [0.1, 0.15) is 37.6 Å². The number of rotatable bonds is 7. The molecule has 1 aliphatic rings. The van der Waals surface area contributed by atoms with Gasteiger partial charge in [-0.1, -0.05) is 37.3 Å². The van der Waals surface area contributed by atoms with Gasteiger partial charge >= 0.3 is 0 Å². The predicted molar refractivity (Wildman–Crippen MR) is 96.2 cm³/mol. The fourth-order valence-electron chi connectivity index (χ4n) is 3.45. The van der Waals surface area contributed by atoms with Crippen LogP contribution in [0.25, 0.3) is 0 Å². The summed E-state index contributed by atoms with van der Waals surface area (Å²) in [4.78, 5) is 4.75. The first-order chi connectivity index (χ1) is 12.1. The van der Waals surface area contributed by atoms with E-state index in [1.165, 1.54) is 5.56 Å². The van der Waals surface area contributed by atoms with E-state index in [-0.39, 0.29) is 6.10 Å². The quantitative estimate of drug-likeness (QED) is 0.828. The maximum Gasteiger partial charge on any atom is 0.230 e. The Balaban J connectivity index is 1.54. The monoisotopic (exact) mass is 344 g/mol. The van der Waals surface area contributed by atoms with Gasteiger partial charge in [0.05, 0.1) is 19.1 Å². The average Bonchev–Trinajstić information content (AvgIpc) is 3.03. The van der Waals surface area contributed by atoms with Crippen LogP contribution in [-0.4, -0.2) is 63.4 Å². The third-order valence-electron chi connectivity index (χ3n) is 4.72. The minimum absolute atomic E-state index is 0.280. The zero-order valence-corrected chi connectivity index (χ0v) is 15.1. The highest BCUT2D eigenvalue weighted by Gasteiger charge is 2.27. The highest BCUT2D eigenvalue weighted by atomic mass is 16.4. The van der Waals surface area contributed by atoms with E-state index >= 15 is 0 Å². The molecule has 1 aliphatic heterocycles. The van der Waals surface area contributed by atoms with E-state index in [4.69, 9.17) is 4.42 Å². The van der Waals surface area contributed by atoms with Crippen molar-refractivity contribution in [1.82, 2.24) is 20.0 Å². The topological polar surface area (TPSA) is 65.6 Å². The lowest BCUT2D eigenvalue weighted by Crippen LogP contribution is -2.54. The fraction of sp³-hybridized carbons (Fsp3) is 0.579. The van der Waals surface area contributed by atoms with Gasteiger partial charge in [-0.3, -0.25) is 9.80 Å². The second-order valence-electron chi connectivity index (χ2n) is 6.89. The molecule has 6 heteroatoms. The Bertz CT molecular complexity index is 644. The van der Waals surface area contributed by atoms with Crippen LogP contribution in [0.15, 0.2) is 34.7 Å². The Morgan fingerprint density at radius 2 is 1.96 bits per heavy atom. The zero-order valence-electron chi connectivity index (χ0n) is 15.1. The molecule has 0 saturated carbocycles. The van der Waals surface area contributed by atoms with E-state index < -0.39 is 0 Å². The highest BCUT2D eigenvalue weighted by Crippen LogP contribution is 2.16. The van der Waals surface area contributed by atoms with Gasteiger partial charge in [0.1, 0.15) is 0 Å². The lowest BCUT2D eigenvalue weighted by Gasteiger charge is -2.41. The third-order valence-corrected chi connectivity index (χ3v) is 4.72. The number of β-amino-alcohol motifs (C(OH)–C–C–N with tert-alkyl or cyclic N) is 1. The van der Waals surface area contributed by atoms with Crippen molar-refractivity contribution in [2.75, 3.05) is 26.2 Å². The molecular formula is C19H28N4O2. The fourth-order valence-corrected chi connectivity index (χ4v) is 3.45. The molecule has 0 spiro atoms. The SMILES string of the molecule is CC[C@@H]1CN(Cc2nnc(Cc3ccccc3)o2)CCN1C[C@H](C)O. The van der Waals surface area contributed by atoms with Crippen molar-refractivity contribution in [3.63, 3.8) is 0 Å². The van der Waals surface area contributed by atoms with Crippen LogP contribution in [0.5, 0.6) is 0 Å². The van der Waals surface area contributed by atoms with Crippen molar-refractivity contribution in [1.29, 1.82) is 0 Å². The lowest BCUT2D eigenvalue weighted by atomic mass is 10.1. The molecule has 0 aliphatic carbocycles. The zero-order chi connectivity index (χ0) is 17.6. The van der Waals surface area contributed by atoms with Crippen molar-refractivity contribution in [3.8, 4) is 0 Å². The summed E-state index contributed by atoms with van der Waals surface area (Å²) in [6.07, 6.45) is 1.47. The third kappa shape index (κ3) is 5.11. The summed E-state index contributed by atoms with van der Waals surface area (Å²) < 4.78 is 5.83. The van der Waals surface area contributed by atoms with Gasteiger partial charge in [0, 0.05) is 32.2 Å². The van der Waals surface area contributed by atoms with Gasteiger partial charge in [-0.05, 0) is 18.9 Å². The number of hydrogen-bond acceptors (Lipinski definition) is 6. The number of hydrogen-bond donors (Lipinski definition) is 1. The molecule has 6 nitrogen and oxygen atoms in total. The summed E-state index contributed by atoms with van der Waals surface area (Å²) in [6.45, 7) is 8.39. The normalized spacial score (nSPS) is 20.7. The molecule has 1 aromatic carbocycles. The van der Waals surface area contributed by atoms with E-state index in [0.717, 1.165) is 32.6 Å². The minimum Gasteiger partial charge on any atom is -0.424 e. The smallest absolute Gasteiger partial charge is 0.230 e. The largest absolute Gasteiger partial charge is 0.424 e. The summed E-state index contributed by atoms with van der Waals surface area (Å²) in [5.74, 6) is 1.35. The molecule has 0 amide bonds. The number of benzene rings is 1. The van der Waals surface area contributed by atoms with Gasteiger partial charge in [0.15, 0.2) is 0 Å². The van der Waals surface area contributed by atoms with Crippen LogP contribution in [0.2, 0.25) is 0 Å². The molecule has 1 aromatic heterocycles. The van der Waals surface area contributed by atoms with Gasteiger partial charge in [-0.2, -0.15) is 0 Å². The number of aromatic nitrogens is 2. The second kappa shape index (κ2) is 8.56. The predicted octanol–water partition coefficient (Wildman–Crippen LogP) is 1.94. The molecule has 3 rings (SSSR count). The van der Waals surface area contributed by atoms with Crippen molar-refractivity contribution in [2.24, 2.45) is 0 Å². The van der Waals surface area contributed by atoms with E-state index in [9.17, 15) is 5.11 Å². The van der Waals surface area contributed by atoms with Crippen molar-refractivity contribution < 1.29 is 9.52 Å². The summed E-state index contributed by atoms with van der Waals surface area (Å²) in [7, 11) is 0. The van der Waals surface area contributed by atoms with E-state index in [1.807, 2.05) is 25.1 Å². The van der Waals surface area contributed by atoms with Crippen molar-refractivity contribution >= 4 is 0 Å². The number of piperazine rings is 1. The molecular weight excluding hydrogens is 316 g/mol. The molecule has 2 aromatic rings. The standard InChI is InChI=1S/C19H28N4O2/c1-3-17-13-22(9-10-23(17)12-15(2)24)14-19-21-20-18(25-19)11-16-7-5-4-6-8-16/h4-8,15,17,24H,3,9-14H2,1-2H3/t15-,17+/m0/s1. The Morgan fingerprint density at radius 3 is 2.68 bits per heavy atom. The first-order valence-electron chi connectivity index (χ1n) is 9.13. The maximum absolute atomic E-state index is 9.65. The maximum atomic E-state index is 9.65. The molecule has 2 atom stereocenters. The molecule has 1 saturated heterocycles. The van der Waals surface area contributed by atoms with E-state index in [2.05, 4.69) is 39.1 Å². The Labute approximate surface area is 149 Å². The number of aliphatic hydroxyl groups excluding tert-OH is 1. The first kappa shape index (κ1) is 18.0. The molecule has 0 bridgehead atoms. The van der Waals surface area contributed by atoms with Gasteiger partial charge in [-0.25, -0.2) is 0 Å². The second-order valence-corrected chi connectivity index (χ2v) is 6.89. The summed E-state index contributed by atoms with van der Waals surface area (Å²) in [6, 6.07) is 10.6. The summed E-state index contributed by atoms with van der Waals surface area (Å²) in [5, 5.41) is 18.1. The number of nitrogens with zero attached hydrogens (tertiary/aromatic N) is 4. The van der Waals surface area contributed by atoms with Crippen LogP contribution in [0.3, 0.4) is 0 Å². The average molecular weight is 344 g/mol. The minimum atomic E-state index is -0.280. The Morgan fingerprint density at radius 1 is 1.20 bits per heavy atom. The summed E-state index contributed by atoms with van der Waals surface area (Å²) >= 11 is 0. The van der Waals surface area contributed by atoms with Gasteiger partial charge in [-0.15, -0.1) is 10.2 Å². The molecule has 1 N–H and O–H groups in total. The van der Waals surface area contributed by atoms with Crippen LogP contribution in [-0.2, 0) is 13.0 Å². The number of aliphatic hydroxyl groups is 1. The molecule has 136 valence electrons. The van der Waals surface area contributed by atoms with Gasteiger partial charge in [0.25, 0.3) is 0 Å². The molecule has 1 fully saturated rings. The highest BCUT2D eigenvalue weighted by molar-refractivity contribution is 5.17. The Kier molecular flexibility index (Phi) is 6.18. The Hall–Kier alpha value is -1.76. The van der Waals surface area contributed by atoms with Crippen molar-refractivity contribution in [3.05, 3.63) is 47.7 Å². The van der Waals surface area contributed by atoms with Crippen molar-refractivity contribution in [2.45, 2.75) is 45.4 Å². The van der Waals surface area contributed by atoms with Gasteiger partial charge in [0.2, 0.25) is 11.8 Å². The van der Waals surface area contributed by atoms with Crippen LogP contribution in [0.4, 0.5) is 0 Å². The molecule has 0 radical (unpaired) electrons. The van der Waals surface area contributed by atoms with E-state index in [1.54, 1.807) is 0 Å². The summed E-state index contributed by atoms with van der Waals surface area (Å²) in [5.41, 5.74) is 1.18. The van der Waals surface area contributed by atoms with Crippen LogP contribution < -0.4 is 0 Å². The molecule has 2 heterocycles. The van der Waals surface area contributed by atoms with Crippen LogP contribution in [0, 0.1) is 0 Å². The van der Waals surface area contributed by atoms with Gasteiger partial charge < -0.3 is 9.52 Å².